The predicted octanol–water partition coefficient (Wildman–Crippen LogP) is 0.877. The molecule has 0 bridgehead atoms. The summed E-state index contributed by atoms with van der Waals surface area (Å²) in [7, 11) is 0. The molecule has 2 heterocycles. The van der Waals surface area contributed by atoms with Crippen LogP contribution >= 0.6 is 0 Å². The Labute approximate surface area is 113 Å². The Hall–Kier alpha value is -2.25. The molecule has 7 nitrogen and oxygen atoms in total. The van der Waals surface area contributed by atoms with E-state index in [9.17, 15) is 20.0 Å². The van der Waals surface area contributed by atoms with E-state index >= 15 is 0 Å². The second-order valence-corrected chi connectivity index (χ2v) is 4.62. The van der Waals surface area contributed by atoms with E-state index in [1.165, 1.54) is 30.3 Å². The quantitative estimate of drug-likeness (QED) is 0.489. The summed E-state index contributed by atoms with van der Waals surface area (Å²) in [5.41, 5.74) is 0.562. The highest BCUT2D eigenvalue weighted by Gasteiger charge is 2.47. The summed E-state index contributed by atoms with van der Waals surface area (Å²) in [4.78, 5) is 21.3. The monoisotopic (exact) mass is 277 g/mol. The van der Waals surface area contributed by atoms with Gasteiger partial charge in [0, 0.05) is 18.2 Å². The zero-order chi connectivity index (χ0) is 14.3. The number of aliphatic hydroxyl groups is 1. The van der Waals surface area contributed by atoms with Crippen molar-refractivity contribution in [2.75, 3.05) is 0 Å². The topological polar surface area (TPSA) is 98.9 Å². The molecule has 1 N–H and O–H groups in total. The smallest absolute Gasteiger partial charge is 0.330 e. The summed E-state index contributed by atoms with van der Waals surface area (Å²) in [5.74, 6) is -0.516. The van der Waals surface area contributed by atoms with Crippen molar-refractivity contribution >= 4 is 11.7 Å². The number of carbonyl (C=O) groups excluding carboxylic acids is 1. The van der Waals surface area contributed by atoms with Gasteiger partial charge in [-0.15, -0.1) is 0 Å². The number of rotatable bonds is 2. The molecule has 104 valence electrons. The summed E-state index contributed by atoms with van der Waals surface area (Å²) >= 11 is 0. The van der Waals surface area contributed by atoms with E-state index in [1.807, 2.05) is 0 Å². The van der Waals surface area contributed by atoms with Crippen LogP contribution in [0.3, 0.4) is 0 Å². The van der Waals surface area contributed by atoms with Gasteiger partial charge in [-0.25, -0.2) is 4.79 Å². The number of benzene rings is 1. The molecule has 1 saturated heterocycles. The van der Waals surface area contributed by atoms with Crippen LogP contribution in [0.2, 0.25) is 0 Å². The second kappa shape index (κ2) is 4.69. The van der Waals surface area contributed by atoms with Gasteiger partial charge in [-0.2, -0.15) is 0 Å². The first-order chi connectivity index (χ1) is 9.56. The van der Waals surface area contributed by atoms with Crippen molar-refractivity contribution < 1.29 is 24.3 Å². The summed E-state index contributed by atoms with van der Waals surface area (Å²) in [5, 5.41) is 20.8. The van der Waals surface area contributed by atoms with Gasteiger partial charge in [-0.3, -0.25) is 10.1 Å². The highest BCUT2D eigenvalue weighted by molar-refractivity contribution is 5.83. The van der Waals surface area contributed by atoms with Crippen LogP contribution in [0.4, 0.5) is 5.69 Å². The molecule has 4 atom stereocenters. The number of fused-ring (bicyclic) bond motifs is 1. The van der Waals surface area contributed by atoms with Crippen LogP contribution in [-0.2, 0) is 14.3 Å². The number of esters is 1. The number of hydrogen-bond acceptors (Lipinski definition) is 6. The van der Waals surface area contributed by atoms with Crippen molar-refractivity contribution in [2.45, 2.75) is 24.4 Å². The number of carbonyl (C=O) groups is 1. The Balaban J connectivity index is 1.83. The second-order valence-electron chi connectivity index (χ2n) is 4.62. The number of hydrogen-bond donors (Lipinski definition) is 1. The molecule has 2 aliphatic rings. The fourth-order valence-corrected chi connectivity index (χ4v) is 2.39. The van der Waals surface area contributed by atoms with Crippen LogP contribution in [0, 0.1) is 10.1 Å². The minimum absolute atomic E-state index is 0.0371. The number of aliphatic hydroxyl groups excluding tert-OH is 1. The molecule has 0 spiro atoms. The molecule has 0 saturated carbocycles. The molecule has 3 rings (SSSR count). The third-order valence-corrected chi connectivity index (χ3v) is 3.38. The zero-order valence-corrected chi connectivity index (χ0v) is 10.2. The van der Waals surface area contributed by atoms with Crippen LogP contribution in [0.1, 0.15) is 11.7 Å². The summed E-state index contributed by atoms with van der Waals surface area (Å²) < 4.78 is 10.7. The molecule has 7 heteroatoms. The number of ether oxygens (including phenoxy) is 2. The van der Waals surface area contributed by atoms with Crippen molar-refractivity contribution in [3.05, 3.63) is 52.1 Å². The van der Waals surface area contributed by atoms with E-state index in [-0.39, 0.29) is 5.69 Å². The van der Waals surface area contributed by atoms with Gasteiger partial charge < -0.3 is 14.6 Å². The lowest BCUT2D eigenvalue weighted by molar-refractivity contribution is -0.384. The van der Waals surface area contributed by atoms with Gasteiger partial charge in [0.25, 0.3) is 5.69 Å². The van der Waals surface area contributed by atoms with Crippen LogP contribution in [0.15, 0.2) is 36.4 Å². The Kier molecular flexibility index (Phi) is 3.00. The third kappa shape index (κ3) is 2.06. The van der Waals surface area contributed by atoms with Crippen molar-refractivity contribution in [3.63, 3.8) is 0 Å². The number of nitro benzene ring substituents is 1. The lowest BCUT2D eigenvalue weighted by Crippen LogP contribution is -2.36. The molecular weight excluding hydrogens is 266 g/mol. The van der Waals surface area contributed by atoms with Crippen molar-refractivity contribution in [2.24, 2.45) is 0 Å². The first kappa shape index (κ1) is 12.8. The molecule has 0 aliphatic carbocycles. The summed E-state index contributed by atoms with van der Waals surface area (Å²) in [6, 6.07) is 5.73. The van der Waals surface area contributed by atoms with Crippen molar-refractivity contribution in [1.82, 2.24) is 0 Å². The van der Waals surface area contributed by atoms with E-state index in [0.717, 1.165) is 0 Å². The van der Waals surface area contributed by atoms with E-state index in [2.05, 4.69) is 0 Å². The highest BCUT2D eigenvalue weighted by Crippen LogP contribution is 2.37. The number of non-ortho nitro benzene ring substituents is 1. The van der Waals surface area contributed by atoms with Gasteiger partial charge in [-0.05, 0) is 23.8 Å². The van der Waals surface area contributed by atoms with Crippen molar-refractivity contribution in [3.8, 4) is 0 Å². The summed E-state index contributed by atoms with van der Waals surface area (Å²) in [6.07, 6.45) is -0.121. The fourth-order valence-electron chi connectivity index (χ4n) is 2.39. The Morgan fingerprint density at radius 2 is 1.95 bits per heavy atom. The van der Waals surface area contributed by atoms with E-state index in [1.54, 1.807) is 6.08 Å². The molecule has 1 aromatic carbocycles. The summed E-state index contributed by atoms with van der Waals surface area (Å²) in [6.45, 7) is 0. The fraction of sp³-hybridized carbons (Fsp3) is 0.308. The molecule has 2 unspecified atom stereocenters. The first-order valence-corrected chi connectivity index (χ1v) is 6.03. The van der Waals surface area contributed by atoms with Crippen LogP contribution in [-0.4, -0.2) is 34.3 Å². The average Bonchev–Trinajstić information content (AvgIpc) is 2.76. The lowest BCUT2D eigenvalue weighted by Gasteiger charge is -2.20. The van der Waals surface area contributed by atoms with Gasteiger partial charge in [0.1, 0.15) is 18.3 Å². The third-order valence-electron chi connectivity index (χ3n) is 3.38. The maximum absolute atomic E-state index is 11.2. The maximum atomic E-state index is 11.2. The minimum atomic E-state index is -1.00. The SMILES string of the molecule is O=C1C=CC2O[C@H](c3ccc([N+](=O)[O-])cc3)[C@@H](O)C2O1. The zero-order valence-electron chi connectivity index (χ0n) is 10.2. The lowest BCUT2D eigenvalue weighted by atomic mass is 10.0. The first-order valence-electron chi connectivity index (χ1n) is 6.03. The Morgan fingerprint density at radius 3 is 2.60 bits per heavy atom. The Morgan fingerprint density at radius 1 is 1.25 bits per heavy atom. The largest absolute Gasteiger partial charge is 0.453 e. The minimum Gasteiger partial charge on any atom is -0.453 e. The molecule has 1 fully saturated rings. The number of nitro groups is 1. The average molecular weight is 277 g/mol. The predicted molar refractivity (Wildman–Crippen MR) is 65.7 cm³/mol. The highest BCUT2D eigenvalue weighted by atomic mass is 16.6. The van der Waals surface area contributed by atoms with Gasteiger partial charge in [-0.1, -0.05) is 0 Å². The van der Waals surface area contributed by atoms with Crippen LogP contribution in [0.5, 0.6) is 0 Å². The van der Waals surface area contributed by atoms with Gasteiger partial charge in [0.15, 0.2) is 6.10 Å². The van der Waals surface area contributed by atoms with Crippen molar-refractivity contribution in [1.29, 1.82) is 0 Å². The van der Waals surface area contributed by atoms with Crippen LogP contribution in [0.25, 0.3) is 0 Å². The molecule has 1 aromatic rings. The standard InChI is InChI=1S/C13H11NO6/c15-10-6-5-9-13(20-10)11(16)12(19-9)7-1-3-8(4-2-7)14(17)18/h1-6,9,11-13,16H/t9?,11-,12-,13?/m1/s1. The molecule has 0 radical (unpaired) electrons. The Bertz CT molecular complexity index is 581. The van der Waals surface area contributed by atoms with Gasteiger partial charge in [0.2, 0.25) is 0 Å². The number of nitrogens with zero attached hydrogens (tertiary/aromatic N) is 1. The molecule has 0 amide bonds. The normalized spacial score (nSPS) is 31.8. The maximum Gasteiger partial charge on any atom is 0.330 e. The van der Waals surface area contributed by atoms with Gasteiger partial charge >= 0.3 is 5.97 Å². The molecule has 20 heavy (non-hydrogen) atoms. The van der Waals surface area contributed by atoms with Gasteiger partial charge in [0.05, 0.1) is 4.92 Å². The van der Waals surface area contributed by atoms with E-state index < -0.39 is 35.3 Å². The molecule has 2 aliphatic heterocycles. The van der Waals surface area contributed by atoms with Crippen LogP contribution < -0.4 is 0 Å². The molecule has 0 aromatic heterocycles. The van der Waals surface area contributed by atoms with E-state index in [0.29, 0.717) is 5.56 Å². The molecular formula is C13H11NO6. The van der Waals surface area contributed by atoms with E-state index in [4.69, 9.17) is 9.47 Å².